The molecule has 0 saturated carbocycles. The molecule has 0 aromatic heterocycles. The van der Waals surface area contributed by atoms with Gasteiger partial charge in [0.1, 0.15) is 19.3 Å². The van der Waals surface area contributed by atoms with Crippen LogP contribution >= 0.6 is 15.6 Å². The normalized spacial score (nSPS) is 14.4. The Bertz CT molecular complexity index is 1750. The number of carbonyl (C=O) groups is 4. The maximum absolute atomic E-state index is 13.0. The van der Waals surface area contributed by atoms with Crippen molar-refractivity contribution >= 4 is 39.5 Å². The third-order valence-corrected chi connectivity index (χ3v) is 18.7. The molecule has 0 amide bonds. The highest BCUT2D eigenvalue weighted by molar-refractivity contribution is 7.47. The molecule has 0 bridgehead atoms. The monoisotopic (exact) mass is 1320 g/mol. The van der Waals surface area contributed by atoms with Crippen molar-refractivity contribution in [3.05, 3.63) is 0 Å². The highest BCUT2D eigenvalue weighted by Crippen LogP contribution is 2.45. The Morgan fingerprint density at radius 3 is 0.844 bits per heavy atom. The molecule has 0 aliphatic heterocycles. The SMILES string of the molecule is CCCCCCCCCCCCCCC(=O)OC[C@H](COP(=O)(O)OC[C@@H](O)COP(=O)(O)OC[C@@H](COC(=O)CCCCCCCCCCCC)OC(=O)CCCCCCCCC(C)CC)OC(=O)CCCCCCCCCCCCCCCCCC(C)C. The van der Waals surface area contributed by atoms with Crippen LogP contribution < -0.4 is 0 Å². The van der Waals surface area contributed by atoms with E-state index in [1.54, 1.807) is 0 Å². The number of ether oxygens (including phenoxy) is 4. The second-order valence-electron chi connectivity index (χ2n) is 26.3. The van der Waals surface area contributed by atoms with E-state index in [1.807, 2.05) is 0 Å². The Morgan fingerprint density at radius 2 is 0.567 bits per heavy atom. The molecule has 0 aromatic carbocycles. The predicted octanol–water partition coefficient (Wildman–Crippen LogP) is 20.4. The Kier molecular flexibility index (Phi) is 61.8. The molecule has 534 valence electrons. The minimum Gasteiger partial charge on any atom is -0.462 e. The summed E-state index contributed by atoms with van der Waals surface area (Å²) in [4.78, 5) is 72.5. The maximum Gasteiger partial charge on any atom is 0.472 e. The number of rotatable bonds is 70. The van der Waals surface area contributed by atoms with Crippen molar-refractivity contribution in [2.75, 3.05) is 39.6 Å². The predicted molar refractivity (Wildman–Crippen MR) is 363 cm³/mol. The van der Waals surface area contributed by atoms with Crippen LogP contribution in [0.3, 0.4) is 0 Å². The summed E-state index contributed by atoms with van der Waals surface area (Å²) in [6.45, 7) is 9.53. The maximum atomic E-state index is 13.0. The Morgan fingerprint density at radius 1 is 0.322 bits per heavy atom. The first kappa shape index (κ1) is 88.1. The molecule has 0 radical (unpaired) electrons. The van der Waals surface area contributed by atoms with Crippen molar-refractivity contribution in [2.45, 2.75) is 381 Å². The van der Waals surface area contributed by atoms with Crippen molar-refractivity contribution < 1.29 is 80.2 Å². The zero-order valence-electron chi connectivity index (χ0n) is 58.4. The van der Waals surface area contributed by atoms with Crippen LogP contribution in [0.15, 0.2) is 0 Å². The van der Waals surface area contributed by atoms with Crippen LogP contribution in [0.4, 0.5) is 0 Å². The van der Waals surface area contributed by atoms with E-state index < -0.39 is 97.5 Å². The van der Waals surface area contributed by atoms with Gasteiger partial charge in [-0.25, -0.2) is 9.13 Å². The van der Waals surface area contributed by atoms with Crippen LogP contribution in [0, 0.1) is 11.8 Å². The first-order valence-corrected chi connectivity index (χ1v) is 40.0. The fourth-order valence-electron chi connectivity index (χ4n) is 10.7. The Labute approximate surface area is 549 Å². The van der Waals surface area contributed by atoms with Crippen molar-refractivity contribution in [1.29, 1.82) is 0 Å². The van der Waals surface area contributed by atoms with Crippen LogP contribution in [0.5, 0.6) is 0 Å². The lowest BCUT2D eigenvalue weighted by molar-refractivity contribution is -0.161. The second-order valence-corrected chi connectivity index (χ2v) is 29.3. The zero-order chi connectivity index (χ0) is 66.5. The van der Waals surface area contributed by atoms with Gasteiger partial charge in [-0.1, -0.05) is 311 Å². The van der Waals surface area contributed by atoms with Crippen LogP contribution in [-0.2, 0) is 65.4 Å². The summed E-state index contributed by atoms with van der Waals surface area (Å²) in [5, 5.41) is 10.6. The van der Waals surface area contributed by atoms with Crippen molar-refractivity contribution in [2.24, 2.45) is 11.8 Å². The van der Waals surface area contributed by atoms with Crippen molar-refractivity contribution in [3.8, 4) is 0 Å². The summed E-state index contributed by atoms with van der Waals surface area (Å²) in [6.07, 6.45) is 48.5. The molecular formula is C71H138O17P2. The zero-order valence-corrected chi connectivity index (χ0v) is 60.2. The lowest BCUT2D eigenvalue weighted by atomic mass is 10.00. The van der Waals surface area contributed by atoms with Gasteiger partial charge in [-0.2, -0.15) is 0 Å². The van der Waals surface area contributed by atoms with Crippen molar-refractivity contribution in [3.63, 3.8) is 0 Å². The fourth-order valence-corrected chi connectivity index (χ4v) is 12.3. The van der Waals surface area contributed by atoms with E-state index >= 15 is 0 Å². The van der Waals surface area contributed by atoms with E-state index in [4.69, 9.17) is 37.0 Å². The molecule has 0 rings (SSSR count). The molecule has 17 nitrogen and oxygen atoms in total. The van der Waals surface area contributed by atoms with E-state index in [2.05, 4.69) is 41.5 Å². The lowest BCUT2D eigenvalue weighted by Gasteiger charge is -2.21. The molecule has 19 heteroatoms. The number of esters is 4. The molecule has 0 aromatic rings. The topological polar surface area (TPSA) is 237 Å². The van der Waals surface area contributed by atoms with Gasteiger partial charge in [0, 0.05) is 25.7 Å². The molecule has 90 heavy (non-hydrogen) atoms. The smallest absolute Gasteiger partial charge is 0.462 e. The molecule has 3 N–H and O–H groups in total. The van der Waals surface area contributed by atoms with Crippen LogP contribution in [0.25, 0.3) is 0 Å². The van der Waals surface area contributed by atoms with Gasteiger partial charge in [-0.15, -0.1) is 0 Å². The Balaban J connectivity index is 5.22. The lowest BCUT2D eigenvalue weighted by Crippen LogP contribution is -2.30. The second kappa shape index (κ2) is 63.1. The minimum atomic E-state index is -4.95. The number of aliphatic hydroxyl groups excluding tert-OH is 1. The molecule has 0 saturated heterocycles. The number of phosphoric ester groups is 2. The number of unbranched alkanes of at least 4 members (excludes halogenated alkanes) is 39. The number of hydrogen-bond donors (Lipinski definition) is 3. The summed E-state index contributed by atoms with van der Waals surface area (Å²) in [5.41, 5.74) is 0. The van der Waals surface area contributed by atoms with E-state index in [1.165, 1.54) is 180 Å². The highest BCUT2D eigenvalue weighted by atomic mass is 31.2. The molecule has 0 fully saturated rings. The van der Waals surface area contributed by atoms with Gasteiger partial charge >= 0.3 is 39.5 Å². The highest BCUT2D eigenvalue weighted by Gasteiger charge is 2.30. The van der Waals surface area contributed by atoms with Gasteiger partial charge in [-0.05, 0) is 37.5 Å². The van der Waals surface area contributed by atoms with Crippen LogP contribution in [-0.4, -0.2) is 96.7 Å². The fraction of sp³-hybridized carbons (Fsp3) is 0.944. The van der Waals surface area contributed by atoms with Gasteiger partial charge in [0.2, 0.25) is 0 Å². The summed E-state index contributed by atoms with van der Waals surface area (Å²) in [5.74, 6) is -0.602. The summed E-state index contributed by atoms with van der Waals surface area (Å²) >= 11 is 0. The average molecular weight is 1330 g/mol. The quantitative estimate of drug-likeness (QED) is 0.0222. The number of aliphatic hydroxyl groups is 1. The molecule has 0 aliphatic rings. The third-order valence-electron chi connectivity index (χ3n) is 16.8. The van der Waals surface area contributed by atoms with Gasteiger partial charge in [0.05, 0.1) is 26.4 Å². The number of carbonyl (C=O) groups excluding carboxylic acids is 4. The number of hydrogen-bond acceptors (Lipinski definition) is 15. The largest absolute Gasteiger partial charge is 0.472 e. The van der Waals surface area contributed by atoms with Crippen LogP contribution in [0.1, 0.15) is 363 Å². The molecule has 3 unspecified atom stereocenters. The molecule has 0 spiro atoms. The summed E-state index contributed by atoms with van der Waals surface area (Å²) < 4.78 is 68.3. The summed E-state index contributed by atoms with van der Waals surface area (Å²) in [6, 6.07) is 0. The first-order valence-electron chi connectivity index (χ1n) is 37.0. The van der Waals surface area contributed by atoms with E-state index in [0.717, 1.165) is 102 Å². The molecule has 6 atom stereocenters. The minimum absolute atomic E-state index is 0.103. The number of phosphoric acid groups is 2. The molecule has 0 aliphatic carbocycles. The standard InChI is InChI=1S/C71H138O17P2/c1-7-10-12-14-16-18-20-27-31-35-42-48-54-69(74)81-59-66(87-70(75)55-49-43-36-32-28-25-23-21-22-24-26-29-33-39-45-51-63(4)5)61-85-89(77,78)83-57-65(72)58-84-90(79,80)86-62-67(88-71(76)56-50-44-38-37-40-46-52-64(6)9-3)60-82-68(73)53-47-41-34-30-19-17-15-13-11-8-2/h63-67,72H,7-62H2,1-6H3,(H,77,78)(H,79,80)/t64?,65-,66-,67-/m1/s1. The van der Waals surface area contributed by atoms with Crippen molar-refractivity contribution in [1.82, 2.24) is 0 Å². The first-order chi connectivity index (χ1) is 43.4. The van der Waals surface area contributed by atoms with E-state index in [-0.39, 0.29) is 25.7 Å². The molecule has 0 heterocycles. The Hall–Kier alpha value is -1.94. The van der Waals surface area contributed by atoms with E-state index in [9.17, 15) is 43.2 Å². The van der Waals surface area contributed by atoms with Crippen LogP contribution in [0.2, 0.25) is 0 Å². The third kappa shape index (κ3) is 63.5. The average Bonchev–Trinajstić information content (AvgIpc) is 3.62. The van der Waals surface area contributed by atoms with E-state index in [0.29, 0.717) is 25.7 Å². The van der Waals surface area contributed by atoms with Gasteiger partial charge in [0.15, 0.2) is 12.2 Å². The molecular weight excluding hydrogens is 1190 g/mol. The summed E-state index contributed by atoms with van der Waals surface area (Å²) in [7, 11) is -9.90. The van der Waals surface area contributed by atoms with Gasteiger partial charge < -0.3 is 33.8 Å². The van der Waals surface area contributed by atoms with Gasteiger partial charge in [0.25, 0.3) is 0 Å². The van der Waals surface area contributed by atoms with Gasteiger partial charge in [-0.3, -0.25) is 37.3 Å².